The fourth-order valence-electron chi connectivity index (χ4n) is 5.62. The van der Waals surface area contributed by atoms with E-state index in [0.717, 1.165) is 24.3 Å². The summed E-state index contributed by atoms with van der Waals surface area (Å²) in [5.74, 6) is 1.81. The molecule has 4 aromatic rings. The van der Waals surface area contributed by atoms with E-state index in [-0.39, 0.29) is 16.7 Å². The maximum Gasteiger partial charge on any atom is 0.368 e. The van der Waals surface area contributed by atoms with Gasteiger partial charge >= 0.3 is 5.69 Å². The number of hydrogen-bond acceptors (Lipinski definition) is 10. The van der Waals surface area contributed by atoms with Gasteiger partial charge in [0, 0.05) is 37.1 Å². The first kappa shape index (κ1) is 30.7. The number of aryl methyl sites for hydroxylation is 2. The maximum absolute atomic E-state index is 13.2. The molecule has 6 rings (SSSR count). The van der Waals surface area contributed by atoms with Crippen molar-refractivity contribution in [3.8, 4) is 11.4 Å². The normalized spacial score (nSPS) is 17.2. The van der Waals surface area contributed by atoms with Crippen LogP contribution in [0.15, 0.2) is 70.5 Å². The van der Waals surface area contributed by atoms with Gasteiger partial charge in [-0.1, -0.05) is 25.3 Å². The van der Waals surface area contributed by atoms with Crippen LogP contribution in [0.25, 0.3) is 5.69 Å². The molecule has 0 radical (unpaired) electrons. The maximum atomic E-state index is 13.2. The predicted octanol–water partition coefficient (Wildman–Crippen LogP) is 2.80. The van der Waals surface area contributed by atoms with Crippen LogP contribution in [-0.4, -0.2) is 57.5 Å². The van der Waals surface area contributed by atoms with Crippen LogP contribution in [0.2, 0.25) is 0 Å². The highest BCUT2D eigenvalue weighted by molar-refractivity contribution is 7.92. The number of aliphatic hydroxyl groups excluding tert-OH is 1. The molecule has 0 spiro atoms. The lowest BCUT2D eigenvalue weighted by atomic mass is 9.82. The second-order valence-corrected chi connectivity index (χ2v) is 13.4. The number of ether oxygens (including phenoxy) is 1. The van der Waals surface area contributed by atoms with Crippen molar-refractivity contribution in [2.45, 2.75) is 68.6 Å². The molecule has 2 atom stereocenters. The zero-order chi connectivity index (χ0) is 31.4. The van der Waals surface area contributed by atoms with Gasteiger partial charge in [-0.05, 0) is 96.1 Å². The molecule has 0 bridgehead atoms. The molecule has 1 aliphatic carbocycles. The largest absolute Gasteiger partial charge is 0.489 e. The van der Waals surface area contributed by atoms with Gasteiger partial charge in [0.25, 0.3) is 10.0 Å². The predicted molar refractivity (Wildman–Crippen MR) is 169 cm³/mol. The second-order valence-electron chi connectivity index (χ2n) is 11.7. The van der Waals surface area contributed by atoms with E-state index < -0.39 is 16.1 Å². The highest BCUT2D eigenvalue weighted by Crippen LogP contribution is 2.31. The van der Waals surface area contributed by atoms with E-state index in [1.807, 2.05) is 0 Å². The Balaban J connectivity index is 1.02. The highest BCUT2D eigenvalue weighted by atomic mass is 32.2. The van der Waals surface area contributed by atoms with Crippen molar-refractivity contribution in [1.82, 2.24) is 30.1 Å². The van der Waals surface area contributed by atoms with Gasteiger partial charge < -0.3 is 20.9 Å². The van der Waals surface area contributed by atoms with Gasteiger partial charge in [-0.15, -0.1) is 0 Å². The molecule has 0 saturated heterocycles. The minimum atomic E-state index is -3.87. The number of pyridine rings is 1. The zero-order valence-corrected chi connectivity index (χ0v) is 25.7. The summed E-state index contributed by atoms with van der Waals surface area (Å²) in [6, 6.07) is 14.7. The summed E-state index contributed by atoms with van der Waals surface area (Å²) in [4.78, 5) is 16.9. The van der Waals surface area contributed by atoms with E-state index in [2.05, 4.69) is 25.4 Å². The second kappa shape index (κ2) is 13.4. The molecule has 5 N–H and O–H groups in total. The molecule has 14 heteroatoms. The standard InChI is InChI=1S/C31H38N8O5S/c32-30-15-7-23(18-34-30)28(40)20-33-19-26-12-6-22-17-27(13-14-29(22)44-26)45(42,43)35-24-8-10-25(11-9-24)39-31(41)38(36-37-39)16-2-5-21-3-1-4-21/h7-11,13-15,17-18,21,26,28,33,35,40H,1-6,12,16,19-20H2,(H2,32,34). The lowest BCUT2D eigenvalue weighted by molar-refractivity contribution is 0.146. The molecular weight excluding hydrogens is 596 g/mol. The molecule has 2 unspecified atom stereocenters. The summed E-state index contributed by atoms with van der Waals surface area (Å²) < 4.78 is 37.7. The molecule has 1 saturated carbocycles. The first-order valence-electron chi connectivity index (χ1n) is 15.3. The summed E-state index contributed by atoms with van der Waals surface area (Å²) in [6.07, 6.45) is 7.91. The van der Waals surface area contributed by atoms with E-state index in [1.165, 1.54) is 34.7 Å². The summed E-state index contributed by atoms with van der Waals surface area (Å²) in [5.41, 5.74) is 7.63. The van der Waals surface area contributed by atoms with Crippen LogP contribution in [0.1, 0.15) is 55.8 Å². The van der Waals surface area contributed by atoms with Gasteiger partial charge in [-0.3, -0.25) is 4.72 Å². The van der Waals surface area contributed by atoms with Crippen LogP contribution in [-0.2, 0) is 23.0 Å². The number of rotatable bonds is 13. The molecular formula is C31H38N8O5S. The lowest BCUT2D eigenvalue weighted by Gasteiger charge is -2.27. The lowest BCUT2D eigenvalue weighted by Crippen LogP contribution is -2.36. The highest BCUT2D eigenvalue weighted by Gasteiger charge is 2.24. The molecule has 2 aliphatic rings. The Bertz CT molecular complexity index is 1770. The monoisotopic (exact) mass is 634 g/mol. The molecule has 1 aliphatic heterocycles. The third kappa shape index (κ3) is 7.35. The van der Waals surface area contributed by atoms with Gasteiger partial charge in [-0.25, -0.2) is 18.2 Å². The van der Waals surface area contributed by atoms with Gasteiger partial charge in [0.2, 0.25) is 0 Å². The first-order chi connectivity index (χ1) is 21.7. The third-order valence-electron chi connectivity index (χ3n) is 8.49. The minimum absolute atomic E-state index is 0.116. The van der Waals surface area contributed by atoms with Crippen LogP contribution in [0.5, 0.6) is 5.75 Å². The molecule has 13 nitrogen and oxygen atoms in total. The number of nitrogens with zero attached hydrogens (tertiary/aromatic N) is 5. The summed E-state index contributed by atoms with van der Waals surface area (Å²) >= 11 is 0. The number of nitrogens with two attached hydrogens (primary N) is 1. The van der Waals surface area contributed by atoms with Gasteiger partial charge in [-0.2, -0.15) is 9.36 Å². The van der Waals surface area contributed by atoms with Crippen molar-refractivity contribution in [2.75, 3.05) is 23.5 Å². The topological polar surface area (TPSA) is 179 Å². The Morgan fingerprint density at radius 2 is 1.89 bits per heavy atom. The number of nitrogen functional groups attached to an aromatic ring is 1. The Morgan fingerprint density at radius 3 is 2.62 bits per heavy atom. The number of benzene rings is 2. The number of nitrogens with one attached hydrogen (secondary N) is 2. The fraction of sp³-hybridized carbons (Fsp3) is 0.419. The van der Waals surface area contributed by atoms with Crippen molar-refractivity contribution in [3.05, 3.63) is 82.4 Å². The molecule has 2 aromatic carbocycles. The van der Waals surface area contributed by atoms with Crippen molar-refractivity contribution >= 4 is 21.5 Å². The fourth-order valence-corrected chi connectivity index (χ4v) is 6.73. The number of aromatic nitrogens is 5. The number of hydrogen-bond donors (Lipinski definition) is 4. The number of aliphatic hydroxyl groups is 1. The van der Waals surface area contributed by atoms with Gasteiger partial charge in [0.05, 0.1) is 16.7 Å². The molecule has 1 fully saturated rings. The molecule has 2 aromatic heterocycles. The summed E-state index contributed by atoms with van der Waals surface area (Å²) in [5, 5.41) is 21.6. The van der Waals surface area contributed by atoms with E-state index in [1.54, 1.807) is 54.7 Å². The minimum Gasteiger partial charge on any atom is -0.489 e. The van der Waals surface area contributed by atoms with Crippen molar-refractivity contribution < 1.29 is 18.3 Å². The van der Waals surface area contributed by atoms with Crippen LogP contribution >= 0.6 is 0 Å². The van der Waals surface area contributed by atoms with Crippen LogP contribution < -0.4 is 26.2 Å². The smallest absolute Gasteiger partial charge is 0.368 e. The van der Waals surface area contributed by atoms with Crippen LogP contribution in [0, 0.1) is 5.92 Å². The number of tetrazole rings is 1. The Morgan fingerprint density at radius 1 is 1.07 bits per heavy atom. The zero-order valence-electron chi connectivity index (χ0n) is 24.9. The number of fused-ring (bicyclic) bond motifs is 1. The Labute approximate surface area is 261 Å². The number of sulfonamides is 1. The summed E-state index contributed by atoms with van der Waals surface area (Å²) in [6.45, 7) is 1.39. The van der Waals surface area contributed by atoms with Crippen molar-refractivity contribution in [2.24, 2.45) is 5.92 Å². The van der Waals surface area contributed by atoms with Crippen molar-refractivity contribution in [1.29, 1.82) is 0 Å². The Kier molecular flexibility index (Phi) is 9.14. The third-order valence-corrected chi connectivity index (χ3v) is 9.86. The first-order valence-corrected chi connectivity index (χ1v) is 16.8. The molecule has 45 heavy (non-hydrogen) atoms. The van der Waals surface area contributed by atoms with E-state index in [0.29, 0.717) is 61.0 Å². The molecule has 238 valence electrons. The average Bonchev–Trinajstić information content (AvgIpc) is 3.38. The quantitative estimate of drug-likeness (QED) is 0.171. The Hall–Kier alpha value is -4.27. The molecule has 3 heterocycles. The van der Waals surface area contributed by atoms with Crippen molar-refractivity contribution in [3.63, 3.8) is 0 Å². The average molecular weight is 635 g/mol. The number of anilines is 2. The van der Waals surface area contributed by atoms with Crippen LogP contribution in [0.4, 0.5) is 11.5 Å². The molecule has 0 amide bonds. The van der Waals surface area contributed by atoms with Gasteiger partial charge in [0.1, 0.15) is 17.7 Å². The summed E-state index contributed by atoms with van der Waals surface area (Å²) in [7, 11) is -3.87. The van der Waals surface area contributed by atoms with E-state index in [9.17, 15) is 18.3 Å². The van der Waals surface area contributed by atoms with Crippen LogP contribution in [0.3, 0.4) is 0 Å². The van der Waals surface area contributed by atoms with Gasteiger partial charge in [0.15, 0.2) is 0 Å². The van der Waals surface area contributed by atoms with E-state index in [4.69, 9.17) is 10.5 Å². The van der Waals surface area contributed by atoms with E-state index >= 15 is 0 Å². The SMILES string of the molecule is Nc1ccc(C(O)CNCC2CCc3cc(S(=O)(=O)Nc4ccc(-n5nnn(CCCC6CCC6)c5=O)cc4)ccc3O2)cn1.